The Morgan fingerprint density at radius 2 is 1.67 bits per heavy atom. The molecule has 0 aromatic heterocycles. The molecule has 0 atom stereocenters. The zero-order chi connectivity index (χ0) is 17.7. The number of sulfonamides is 1. The Bertz CT molecular complexity index is 821. The maximum atomic E-state index is 12.4. The molecule has 8 heteroatoms. The third-order valence-electron chi connectivity index (χ3n) is 3.17. The highest BCUT2D eigenvalue weighted by molar-refractivity contribution is 7.89. The summed E-state index contributed by atoms with van der Waals surface area (Å²) in [6.07, 6.45) is 0. The number of hydrogen-bond donors (Lipinski definition) is 0. The average Bonchev–Trinajstić information content (AvgIpc) is 2.55. The van der Waals surface area contributed by atoms with Crippen molar-refractivity contribution in [2.75, 3.05) is 20.7 Å². The van der Waals surface area contributed by atoms with Crippen LogP contribution in [0.2, 0.25) is 5.02 Å². The van der Waals surface area contributed by atoms with Gasteiger partial charge in [0.15, 0.2) is 11.5 Å². The zero-order valence-corrected chi connectivity index (χ0v) is 14.7. The Morgan fingerprint density at radius 3 is 2.25 bits per heavy atom. The van der Waals surface area contributed by atoms with Gasteiger partial charge in [-0.15, -0.1) is 0 Å². The summed E-state index contributed by atoms with van der Waals surface area (Å²) in [5, 5.41) is 0.423. The van der Waals surface area contributed by atoms with Crippen molar-refractivity contribution in [3.05, 3.63) is 53.6 Å². The quantitative estimate of drug-likeness (QED) is 0.578. The molecule has 0 aliphatic heterocycles. The molecule has 0 N–H and O–H groups in total. The molecule has 0 aliphatic rings. The molecule has 0 spiro atoms. The smallest absolute Gasteiger partial charge is 0.326 e. The maximum Gasteiger partial charge on any atom is 0.326 e. The van der Waals surface area contributed by atoms with Crippen molar-refractivity contribution in [3.8, 4) is 11.5 Å². The number of nitrogens with zero attached hydrogens (tertiary/aromatic N) is 1. The number of likely N-dealkylation sites (N-methyl/N-ethyl adjacent to an activating group) is 1. The lowest BCUT2D eigenvalue weighted by molar-refractivity contribution is -0.134. The van der Waals surface area contributed by atoms with Crippen molar-refractivity contribution in [1.29, 1.82) is 0 Å². The third kappa shape index (κ3) is 4.25. The molecule has 0 aliphatic carbocycles. The lowest BCUT2D eigenvalue weighted by Crippen LogP contribution is -2.34. The fourth-order valence-electron chi connectivity index (χ4n) is 1.91. The summed E-state index contributed by atoms with van der Waals surface area (Å²) in [6, 6.07) is 12.3. The number of para-hydroxylation sites is 2. The number of rotatable bonds is 6. The molecule has 0 radical (unpaired) electrons. The van der Waals surface area contributed by atoms with E-state index in [4.69, 9.17) is 21.1 Å². The Kier molecular flexibility index (Phi) is 5.82. The first-order chi connectivity index (χ1) is 11.3. The van der Waals surface area contributed by atoms with Crippen molar-refractivity contribution < 1.29 is 22.7 Å². The number of benzene rings is 2. The molecule has 0 fully saturated rings. The molecular formula is C16H16ClNO5S. The minimum absolute atomic E-state index is 0.0412. The summed E-state index contributed by atoms with van der Waals surface area (Å²) in [4.78, 5) is 12.1. The van der Waals surface area contributed by atoms with Crippen LogP contribution in [-0.4, -0.2) is 39.4 Å². The molecule has 128 valence electrons. The van der Waals surface area contributed by atoms with Crippen molar-refractivity contribution in [2.45, 2.75) is 4.90 Å². The van der Waals surface area contributed by atoms with E-state index in [9.17, 15) is 13.2 Å². The van der Waals surface area contributed by atoms with Crippen LogP contribution >= 0.6 is 11.6 Å². The Labute approximate surface area is 145 Å². The summed E-state index contributed by atoms with van der Waals surface area (Å²) in [5.74, 6) is -0.115. The molecule has 2 aromatic carbocycles. The van der Waals surface area contributed by atoms with Gasteiger partial charge in [-0.3, -0.25) is 4.79 Å². The van der Waals surface area contributed by atoms with Gasteiger partial charge in [-0.05, 0) is 36.4 Å². The second kappa shape index (κ2) is 7.65. The minimum atomic E-state index is -3.82. The van der Waals surface area contributed by atoms with Crippen molar-refractivity contribution in [3.63, 3.8) is 0 Å². The number of carbonyl (C=O) groups is 1. The van der Waals surface area contributed by atoms with E-state index in [1.165, 1.54) is 38.4 Å². The van der Waals surface area contributed by atoms with E-state index in [1.54, 1.807) is 24.3 Å². The van der Waals surface area contributed by atoms with Gasteiger partial charge in [-0.2, -0.15) is 4.31 Å². The van der Waals surface area contributed by atoms with E-state index < -0.39 is 22.5 Å². The van der Waals surface area contributed by atoms with Crippen LogP contribution in [0, 0.1) is 0 Å². The van der Waals surface area contributed by atoms with E-state index in [2.05, 4.69) is 0 Å². The van der Waals surface area contributed by atoms with Crippen LogP contribution in [-0.2, 0) is 14.8 Å². The molecule has 0 unspecified atom stereocenters. The second-order valence-electron chi connectivity index (χ2n) is 4.84. The first-order valence-corrected chi connectivity index (χ1v) is 8.72. The fourth-order valence-corrected chi connectivity index (χ4v) is 3.15. The van der Waals surface area contributed by atoms with Crippen LogP contribution in [0.4, 0.5) is 0 Å². The molecule has 2 rings (SSSR count). The molecule has 24 heavy (non-hydrogen) atoms. The molecule has 0 saturated heterocycles. The van der Waals surface area contributed by atoms with Gasteiger partial charge in [-0.1, -0.05) is 23.7 Å². The highest BCUT2D eigenvalue weighted by Crippen LogP contribution is 2.26. The number of methoxy groups -OCH3 is 1. The van der Waals surface area contributed by atoms with Crippen LogP contribution in [0.3, 0.4) is 0 Å². The van der Waals surface area contributed by atoms with Gasteiger partial charge in [0.05, 0.1) is 12.0 Å². The van der Waals surface area contributed by atoms with Crippen LogP contribution < -0.4 is 9.47 Å². The van der Waals surface area contributed by atoms with Crippen LogP contribution in [0.5, 0.6) is 11.5 Å². The van der Waals surface area contributed by atoms with E-state index >= 15 is 0 Å². The summed E-state index contributed by atoms with van der Waals surface area (Å²) >= 11 is 5.75. The van der Waals surface area contributed by atoms with Crippen LogP contribution in [0.1, 0.15) is 0 Å². The van der Waals surface area contributed by atoms with E-state index in [-0.39, 0.29) is 10.6 Å². The average molecular weight is 370 g/mol. The summed E-state index contributed by atoms with van der Waals surface area (Å²) in [7, 11) is -1.07. The normalized spacial score (nSPS) is 11.3. The summed E-state index contributed by atoms with van der Waals surface area (Å²) < 4.78 is 36.0. The van der Waals surface area contributed by atoms with Gasteiger partial charge < -0.3 is 9.47 Å². The molecule has 0 heterocycles. The number of hydrogen-bond acceptors (Lipinski definition) is 5. The van der Waals surface area contributed by atoms with Gasteiger partial charge in [-0.25, -0.2) is 8.42 Å². The van der Waals surface area contributed by atoms with Gasteiger partial charge >= 0.3 is 5.97 Å². The minimum Gasteiger partial charge on any atom is -0.493 e. The van der Waals surface area contributed by atoms with Crippen LogP contribution in [0.15, 0.2) is 53.4 Å². The standard InChI is InChI=1S/C16H16ClNO5S/c1-18(24(20,21)13-9-7-12(17)8-10-13)11-16(19)23-15-6-4-3-5-14(15)22-2/h3-10H,11H2,1-2H3. The number of esters is 1. The summed E-state index contributed by atoms with van der Waals surface area (Å²) in [5.41, 5.74) is 0. The monoisotopic (exact) mass is 369 g/mol. The second-order valence-corrected chi connectivity index (χ2v) is 7.32. The maximum absolute atomic E-state index is 12.4. The molecule has 6 nitrogen and oxygen atoms in total. The Hall–Kier alpha value is -2.09. The number of halogens is 1. The van der Waals surface area contributed by atoms with E-state index in [1.807, 2.05) is 0 Å². The third-order valence-corrected chi connectivity index (χ3v) is 5.24. The van der Waals surface area contributed by atoms with Gasteiger partial charge in [0.1, 0.15) is 6.54 Å². The topological polar surface area (TPSA) is 72.9 Å². The molecule has 0 bridgehead atoms. The van der Waals surface area contributed by atoms with E-state index in [0.717, 1.165) is 4.31 Å². The Morgan fingerprint density at radius 1 is 1.08 bits per heavy atom. The zero-order valence-electron chi connectivity index (χ0n) is 13.1. The van der Waals surface area contributed by atoms with Crippen LogP contribution in [0.25, 0.3) is 0 Å². The predicted octanol–water partition coefficient (Wildman–Crippen LogP) is 2.57. The number of ether oxygens (including phenoxy) is 2. The molecule has 0 amide bonds. The SMILES string of the molecule is COc1ccccc1OC(=O)CN(C)S(=O)(=O)c1ccc(Cl)cc1. The van der Waals surface area contributed by atoms with Gasteiger partial charge in [0, 0.05) is 12.1 Å². The predicted molar refractivity (Wildman–Crippen MR) is 89.9 cm³/mol. The first kappa shape index (κ1) is 18.3. The lowest BCUT2D eigenvalue weighted by Gasteiger charge is -2.17. The highest BCUT2D eigenvalue weighted by atomic mass is 35.5. The summed E-state index contributed by atoms with van der Waals surface area (Å²) in [6.45, 7) is -0.441. The highest BCUT2D eigenvalue weighted by Gasteiger charge is 2.24. The Balaban J connectivity index is 2.09. The van der Waals surface area contributed by atoms with Gasteiger partial charge in [0.2, 0.25) is 10.0 Å². The van der Waals surface area contributed by atoms with E-state index in [0.29, 0.717) is 10.8 Å². The molecule has 0 saturated carbocycles. The number of carbonyl (C=O) groups excluding carboxylic acids is 1. The molecular weight excluding hydrogens is 354 g/mol. The largest absolute Gasteiger partial charge is 0.493 e. The lowest BCUT2D eigenvalue weighted by atomic mass is 10.3. The van der Waals surface area contributed by atoms with Crippen molar-refractivity contribution in [1.82, 2.24) is 4.31 Å². The molecule has 2 aromatic rings. The first-order valence-electron chi connectivity index (χ1n) is 6.90. The van der Waals surface area contributed by atoms with Crippen molar-refractivity contribution in [2.24, 2.45) is 0 Å². The van der Waals surface area contributed by atoms with Crippen molar-refractivity contribution >= 4 is 27.6 Å². The van der Waals surface area contributed by atoms with Gasteiger partial charge in [0.25, 0.3) is 0 Å². The fraction of sp³-hybridized carbons (Fsp3) is 0.188.